The molecule has 0 aromatic carbocycles. The molecular weight excluding hydrogens is 443 g/mol. The molecule has 0 bridgehead atoms. The standard InChI is InChI=1S/C17H51NSi8/c1-19(2,3)18(20(4,5)6)26(17)24(13,14)22(9,10)21(7,8)23(11,12)25(26,15)16/h1-17H3. The second-order valence-electron chi connectivity index (χ2n) is 13.9. The molecule has 0 N–H and O–H groups in total. The van der Waals surface area contributed by atoms with Crippen molar-refractivity contribution in [1.29, 1.82) is 0 Å². The Morgan fingerprint density at radius 3 is 0.769 bits per heavy atom. The Morgan fingerprint density at radius 1 is 0.385 bits per heavy atom. The molecule has 1 saturated heterocycles. The van der Waals surface area contributed by atoms with Crippen molar-refractivity contribution in [1.82, 2.24) is 3.90 Å². The summed E-state index contributed by atoms with van der Waals surface area (Å²) in [4.78, 5) is 0. The Labute approximate surface area is 173 Å². The molecule has 1 fully saturated rings. The zero-order valence-electron chi connectivity index (χ0n) is 21.4. The minimum atomic E-state index is -1.46. The summed E-state index contributed by atoms with van der Waals surface area (Å²) in [5.74, 6) is 0. The van der Waals surface area contributed by atoms with Gasteiger partial charge in [0.2, 0.25) is 0 Å². The van der Waals surface area contributed by atoms with E-state index in [0.717, 1.165) is 0 Å². The molecule has 1 heterocycles. The van der Waals surface area contributed by atoms with E-state index in [2.05, 4.69) is 115 Å². The van der Waals surface area contributed by atoms with Gasteiger partial charge >= 0.3 is 0 Å². The molecule has 0 spiro atoms. The van der Waals surface area contributed by atoms with Gasteiger partial charge in [0.15, 0.2) is 0 Å². The fourth-order valence-corrected chi connectivity index (χ4v) is 289. The van der Waals surface area contributed by atoms with Crippen molar-refractivity contribution >= 4 is 59.3 Å². The van der Waals surface area contributed by atoms with Crippen LogP contribution < -0.4 is 0 Å². The van der Waals surface area contributed by atoms with Crippen LogP contribution in [-0.2, 0) is 0 Å². The molecule has 0 saturated carbocycles. The van der Waals surface area contributed by atoms with Crippen molar-refractivity contribution in [3.63, 3.8) is 0 Å². The van der Waals surface area contributed by atoms with Crippen LogP contribution in [0.2, 0.25) is 111 Å². The maximum Gasteiger partial charge on any atom is 0.105 e. The molecule has 0 aliphatic carbocycles. The van der Waals surface area contributed by atoms with Gasteiger partial charge in [-0.15, -0.1) is 0 Å². The third-order valence-corrected chi connectivity index (χ3v) is 177. The molecule has 0 unspecified atom stereocenters. The predicted molar refractivity (Wildman–Crippen MR) is 148 cm³/mol. The van der Waals surface area contributed by atoms with Crippen molar-refractivity contribution in [3.05, 3.63) is 0 Å². The lowest BCUT2D eigenvalue weighted by Crippen LogP contribution is -3.05. The largest absolute Gasteiger partial charge is 0.373 e. The normalized spacial score (nSPS) is 28.8. The van der Waals surface area contributed by atoms with Crippen LogP contribution in [-0.4, -0.2) is 63.2 Å². The first-order valence-electron chi connectivity index (χ1n) is 10.7. The molecular formula is C17H51NSi8. The average Bonchev–Trinajstić information content (AvgIpc) is 2.32. The van der Waals surface area contributed by atoms with E-state index in [1.807, 2.05) is 0 Å². The van der Waals surface area contributed by atoms with Crippen LogP contribution in [0.25, 0.3) is 0 Å². The third-order valence-electron chi connectivity index (χ3n) is 10.5. The molecule has 26 heavy (non-hydrogen) atoms. The molecule has 0 atom stereocenters. The minimum absolute atomic E-state index is 1.13. The molecule has 156 valence electrons. The maximum atomic E-state index is 3.48. The molecule has 0 amide bonds. The zero-order chi connectivity index (χ0) is 21.6. The highest BCUT2D eigenvalue weighted by molar-refractivity contribution is 8.13. The fraction of sp³-hybridized carbons (Fsp3) is 1.00. The second-order valence-corrected chi connectivity index (χ2v) is 96.0. The first-order valence-corrected chi connectivity index (χ1v) is 41.0. The van der Waals surface area contributed by atoms with E-state index in [-0.39, 0.29) is 0 Å². The van der Waals surface area contributed by atoms with Crippen molar-refractivity contribution in [2.75, 3.05) is 0 Å². The monoisotopic (exact) mass is 493 g/mol. The summed E-state index contributed by atoms with van der Waals surface area (Å²) in [7, 11) is -10.2. The molecule has 1 aliphatic rings. The molecule has 1 aliphatic heterocycles. The molecule has 1 rings (SSSR count). The highest BCUT2D eigenvalue weighted by Crippen LogP contribution is 2.54. The predicted octanol–water partition coefficient (Wildman–Crippen LogP) is 6.56. The van der Waals surface area contributed by atoms with Gasteiger partial charge in [0.1, 0.15) is 16.5 Å². The van der Waals surface area contributed by atoms with Crippen LogP contribution in [0.4, 0.5) is 0 Å². The highest BCUT2D eigenvalue weighted by atomic mass is 30.2. The van der Waals surface area contributed by atoms with E-state index in [0.29, 0.717) is 0 Å². The van der Waals surface area contributed by atoms with Gasteiger partial charge < -0.3 is 3.90 Å². The lowest BCUT2D eigenvalue weighted by atomic mass is 11.8. The van der Waals surface area contributed by atoms with Gasteiger partial charge in [-0.2, -0.15) is 0 Å². The van der Waals surface area contributed by atoms with Crippen LogP contribution in [0.5, 0.6) is 0 Å². The van der Waals surface area contributed by atoms with E-state index < -0.39 is 59.3 Å². The Bertz CT molecular complexity index is 522. The van der Waals surface area contributed by atoms with Crippen LogP contribution in [0.1, 0.15) is 0 Å². The summed E-state index contributed by atoms with van der Waals surface area (Å²) in [5, 5.41) is 0. The van der Waals surface area contributed by atoms with Crippen molar-refractivity contribution < 1.29 is 0 Å². The summed E-state index contributed by atoms with van der Waals surface area (Å²) in [6.07, 6.45) is 0. The molecule has 0 aromatic heterocycles. The summed E-state index contributed by atoms with van der Waals surface area (Å²) in [6, 6.07) is 0. The quantitative estimate of drug-likeness (QED) is 0.402. The fourth-order valence-electron chi connectivity index (χ4n) is 7.25. The lowest BCUT2D eigenvalue weighted by Gasteiger charge is -2.77. The summed E-state index contributed by atoms with van der Waals surface area (Å²) in [5.41, 5.74) is 0. The van der Waals surface area contributed by atoms with Crippen molar-refractivity contribution in [2.45, 2.75) is 111 Å². The lowest BCUT2D eigenvalue weighted by molar-refractivity contribution is 0.929. The van der Waals surface area contributed by atoms with Crippen LogP contribution >= 0.6 is 0 Å². The number of rotatable bonds is 3. The van der Waals surface area contributed by atoms with Crippen LogP contribution in [0.3, 0.4) is 0 Å². The summed E-state index contributed by atoms with van der Waals surface area (Å²) < 4.78 is 3.48. The second kappa shape index (κ2) is 6.35. The van der Waals surface area contributed by atoms with Gasteiger partial charge in [0, 0.05) is 35.5 Å². The highest BCUT2D eigenvalue weighted by Gasteiger charge is 2.79. The molecule has 1 nitrogen and oxygen atoms in total. The third kappa shape index (κ3) is 2.89. The molecule has 9 heteroatoms. The number of hydrogen-bond donors (Lipinski definition) is 0. The van der Waals surface area contributed by atoms with E-state index in [9.17, 15) is 0 Å². The van der Waals surface area contributed by atoms with Crippen LogP contribution in [0.15, 0.2) is 0 Å². The first-order chi connectivity index (χ1) is 10.9. The number of hydrogen-bond acceptors (Lipinski definition) is 1. The van der Waals surface area contributed by atoms with Crippen molar-refractivity contribution in [3.8, 4) is 0 Å². The van der Waals surface area contributed by atoms with Crippen molar-refractivity contribution in [2.24, 2.45) is 0 Å². The minimum Gasteiger partial charge on any atom is -0.373 e. The topological polar surface area (TPSA) is 3.24 Å². The molecule has 0 radical (unpaired) electrons. The van der Waals surface area contributed by atoms with E-state index in [4.69, 9.17) is 0 Å². The van der Waals surface area contributed by atoms with Gasteiger partial charge in [-0.1, -0.05) is 111 Å². The Balaban J connectivity index is 4.10. The van der Waals surface area contributed by atoms with Gasteiger partial charge in [-0.3, -0.25) is 0 Å². The summed E-state index contributed by atoms with van der Waals surface area (Å²) in [6.45, 7) is 48.3. The Kier molecular flexibility index (Phi) is 6.28. The van der Waals surface area contributed by atoms with E-state index in [1.54, 1.807) is 0 Å². The average molecular weight is 494 g/mol. The van der Waals surface area contributed by atoms with Gasteiger partial charge in [-0.05, 0) is 0 Å². The molecule has 0 aromatic rings. The van der Waals surface area contributed by atoms with E-state index in [1.165, 1.54) is 0 Å². The SMILES string of the molecule is C[Si](C)(C)N([Si](C)(C)C)[Si]1(C)[Si](C)(C)[Si](C)(C)[Si](C)(C)[Si](C)(C)[Si]1(C)C. The zero-order valence-corrected chi connectivity index (χ0v) is 29.4. The first kappa shape index (κ1) is 25.7. The van der Waals surface area contributed by atoms with Gasteiger partial charge in [0.05, 0.1) is 7.27 Å². The Morgan fingerprint density at radius 2 is 0.577 bits per heavy atom. The van der Waals surface area contributed by atoms with Gasteiger partial charge in [-0.25, -0.2) is 0 Å². The summed E-state index contributed by atoms with van der Waals surface area (Å²) >= 11 is 0. The van der Waals surface area contributed by atoms with Gasteiger partial charge in [0.25, 0.3) is 0 Å². The Hall–Kier alpha value is 1.70. The maximum absolute atomic E-state index is 3.48. The smallest absolute Gasteiger partial charge is 0.105 e. The van der Waals surface area contributed by atoms with Crippen LogP contribution in [0, 0.1) is 0 Å². The number of nitrogens with zero attached hydrogens (tertiary/aromatic N) is 1. The van der Waals surface area contributed by atoms with E-state index >= 15 is 0 Å².